The van der Waals surface area contributed by atoms with Crippen LogP contribution in [0.2, 0.25) is 0 Å². The van der Waals surface area contributed by atoms with E-state index in [4.69, 9.17) is 14.2 Å². The molecule has 0 aliphatic carbocycles. The normalized spacial score (nSPS) is 18.4. The van der Waals surface area contributed by atoms with Gasteiger partial charge in [0.2, 0.25) is 5.91 Å². The molecule has 3 amide bonds. The molecule has 10 nitrogen and oxygen atoms in total. The largest absolute Gasteiger partial charge is 0.486 e. The predicted octanol–water partition coefficient (Wildman–Crippen LogP) is 2.49. The number of carbonyl (C=O) groups excluding carboxylic acids is 3. The van der Waals surface area contributed by atoms with E-state index in [0.717, 1.165) is 5.69 Å². The Morgan fingerprint density at radius 3 is 2.43 bits per heavy atom. The second-order valence-electron chi connectivity index (χ2n) is 8.55. The third kappa shape index (κ3) is 5.65. The van der Waals surface area contributed by atoms with Crippen molar-refractivity contribution in [3.05, 3.63) is 48.0 Å². The van der Waals surface area contributed by atoms with E-state index in [1.807, 2.05) is 19.1 Å². The second kappa shape index (κ2) is 10.6. The molecular formula is C25H30N4O6. The van der Waals surface area contributed by atoms with Gasteiger partial charge in [0.1, 0.15) is 13.2 Å². The molecule has 0 bridgehead atoms. The molecule has 35 heavy (non-hydrogen) atoms. The van der Waals surface area contributed by atoms with Crippen LogP contribution < -0.4 is 25.0 Å². The van der Waals surface area contributed by atoms with Gasteiger partial charge < -0.3 is 24.4 Å². The zero-order chi connectivity index (χ0) is 24.9. The summed E-state index contributed by atoms with van der Waals surface area (Å²) in [5.74, 6) is 0.440. The summed E-state index contributed by atoms with van der Waals surface area (Å²) in [5, 5.41) is 5.10. The Hall–Kier alpha value is -3.79. The summed E-state index contributed by atoms with van der Waals surface area (Å²) in [5.41, 5.74) is 2.01. The number of methoxy groups -OCH3 is 1. The van der Waals surface area contributed by atoms with Gasteiger partial charge in [0.15, 0.2) is 11.5 Å². The molecule has 2 aromatic rings. The number of hydrogen-bond acceptors (Lipinski definition) is 8. The van der Waals surface area contributed by atoms with E-state index in [2.05, 4.69) is 20.4 Å². The summed E-state index contributed by atoms with van der Waals surface area (Å²) in [6.45, 7) is 6.85. The molecule has 0 saturated carbocycles. The standard InChI is InChI=1S/C25H30N4O6/c1-16-15-28(20-7-4-18(5-8-20)24(31)33-3)10-11-29(16)17(2)23(30)27-25(32)26-19-6-9-21-22(14-19)35-13-12-34-21/h4-9,14,16-17H,10-13,15H2,1-3H3,(H2,26,27,30,32). The van der Waals surface area contributed by atoms with E-state index < -0.39 is 12.1 Å². The lowest BCUT2D eigenvalue weighted by Crippen LogP contribution is -2.58. The van der Waals surface area contributed by atoms with Crippen molar-refractivity contribution >= 4 is 29.3 Å². The van der Waals surface area contributed by atoms with Crippen molar-refractivity contribution in [2.45, 2.75) is 25.9 Å². The van der Waals surface area contributed by atoms with Gasteiger partial charge in [0.05, 0.1) is 18.7 Å². The molecule has 2 aromatic carbocycles. The number of rotatable bonds is 5. The SMILES string of the molecule is COC(=O)c1ccc(N2CCN(C(C)C(=O)NC(=O)Nc3ccc4c(c3)OCCO4)C(C)C2)cc1. The summed E-state index contributed by atoms with van der Waals surface area (Å²) in [7, 11) is 1.36. The van der Waals surface area contributed by atoms with E-state index >= 15 is 0 Å². The van der Waals surface area contributed by atoms with Crippen LogP contribution in [0.25, 0.3) is 0 Å². The summed E-state index contributed by atoms with van der Waals surface area (Å²) in [6, 6.07) is 11.4. The van der Waals surface area contributed by atoms with Crippen molar-refractivity contribution in [2.75, 3.05) is 50.2 Å². The number of carbonyl (C=O) groups is 3. The molecule has 2 atom stereocenters. The van der Waals surface area contributed by atoms with Gasteiger partial charge in [-0.2, -0.15) is 0 Å². The Balaban J connectivity index is 1.29. The molecule has 2 heterocycles. The number of nitrogens with one attached hydrogen (secondary N) is 2. The number of urea groups is 1. The molecule has 0 aromatic heterocycles. The van der Waals surface area contributed by atoms with Gasteiger partial charge in [-0.15, -0.1) is 0 Å². The van der Waals surface area contributed by atoms with Crippen molar-refractivity contribution in [1.29, 1.82) is 0 Å². The third-order valence-electron chi connectivity index (χ3n) is 6.25. The Kier molecular flexibility index (Phi) is 7.40. The fourth-order valence-electron chi connectivity index (χ4n) is 4.36. The van der Waals surface area contributed by atoms with Crippen LogP contribution in [0.3, 0.4) is 0 Å². The minimum absolute atomic E-state index is 0.0747. The minimum atomic E-state index is -0.601. The molecular weight excluding hydrogens is 452 g/mol. The maximum absolute atomic E-state index is 12.8. The molecule has 1 fully saturated rings. The highest BCUT2D eigenvalue weighted by atomic mass is 16.6. The number of hydrogen-bond donors (Lipinski definition) is 2. The Labute approximate surface area is 204 Å². The zero-order valence-corrected chi connectivity index (χ0v) is 20.1. The summed E-state index contributed by atoms with van der Waals surface area (Å²) in [6.07, 6.45) is 0. The Bertz CT molecular complexity index is 1090. The molecule has 10 heteroatoms. The molecule has 186 valence electrons. The predicted molar refractivity (Wildman–Crippen MR) is 130 cm³/mol. The van der Waals surface area contributed by atoms with Crippen molar-refractivity contribution < 1.29 is 28.6 Å². The number of ether oxygens (including phenoxy) is 3. The molecule has 2 aliphatic heterocycles. The third-order valence-corrected chi connectivity index (χ3v) is 6.25. The fraction of sp³-hybridized carbons (Fsp3) is 0.400. The van der Waals surface area contributed by atoms with Crippen LogP contribution >= 0.6 is 0 Å². The topological polar surface area (TPSA) is 109 Å². The van der Waals surface area contributed by atoms with Gasteiger partial charge >= 0.3 is 12.0 Å². The number of esters is 1. The highest BCUT2D eigenvalue weighted by molar-refractivity contribution is 6.02. The van der Waals surface area contributed by atoms with Gasteiger partial charge in [-0.3, -0.25) is 15.0 Å². The zero-order valence-electron chi connectivity index (χ0n) is 20.1. The number of anilines is 2. The number of amides is 3. The molecule has 4 rings (SSSR count). The first kappa shape index (κ1) is 24.3. The van der Waals surface area contributed by atoms with Gasteiger partial charge in [0.25, 0.3) is 0 Å². The van der Waals surface area contributed by atoms with Crippen molar-refractivity contribution in [1.82, 2.24) is 10.2 Å². The lowest BCUT2D eigenvalue weighted by Gasteiger charge is -2.43. The number of piperazine rings is 1. The molecule has 2 aliphatic rings. The maximum Gasteiger partial charge on any atom is 0.337 e. The first-order valence-electron chi connectivity index (χ1n) is 11.6. The highest BCUT2D eigenvalue weighted by Gasteiger charge is 2.31. The summed E-state index contributed by atoms with van der Waals surface area (Å²) in [4.78, 5) is 41.1. The highest BCUT2D eigenvalue weighted by Crippen LogP contribution is 2.32. The molecule has 2 N–H and O–H groups in total. The average Bonchev–Trinajstić information content (AvgIpc) is 2.87. The smallest absolute Gasteiger partial charge is 0.337 e. The average molecular weight is 483 g/mol. The van der Waals surface area contributed by atoms with Crippen LogP contribution in [0.15, 0.2) is 42.5 Å². The van der Waals surface area contributed by atoms with E-state index in [0.29, 0.717) is 55.6 Å². The quantitative estimate of drug-likeness (QED) is 0.626. The van der Waals surface area contributed by atoms with Crippen LogP contribution in [-0.4, -0.2) is 74.8 Å². The number of benzene rings is 2. The van der Waals surface area contributed by atoms with Crippen LogP contribution in [0.1, 0.15) is 24.2 Å². The fourth-order valence-corrected chi connectivity index (χ4v) is 4.36. The summed E-state index contributed by atoms with van der Waals surface area (Å²) < 4.78 is 15.7. The van der Waals surface area contributed by atoms with Crippen LogP contribution in [0, 0.1) is 0 Å². The first-order valence-corrected chi connectivity index (χ1v) is 11.6. The lowest BCUT2D eigenvalue weighted by atomic mass is 10.1. The minimum Gasteiger partial charge on any atom is -0.486 e. The lowest BCUT2D eigenvalue weighted by molar-refractivity contribution is -0.125. The van der Waals surface area contributed by atoms with Crippen LogP contribution in [0.5, 0.6) is 11.5 Å². The number of fused-ring (bicyclic) bond motifs is 1. The second-order valence-corrected chi connectivity index (χ2v) is 8.55. The van der Waals surface area contributed by atoms with Gasteiger partial charge in [-0.25, -0.2) is 9.59 Å². The molecule has 0 radical (unpaired) electrons. The number of nitrogens with zero attached hydrogens (tertiary/aromatic N) is 2. The molecule has 0 spiro atoms. The monoisotopic (exact) mass is 482 g/mol. The van der Waals surface area contributed by atoms with Crippen molar-refractivity contribution in [3.8, 4) is 11.5 Å². The van der Waals surface area contributed by atoms with E-state index in [1.54, 1.807) is 37.3 Å². The summed E-state index contributed by atoms with van der Waals surface area (Å²) >= 11 is 0. The van der Waals surface area contributed by atoms with Crippen molar-refractivity contribution in [3.63, 3.8) is 0 Å². The maximum atomic E-state index is 12.8. The van der Waals surface area contributed by atoms with Crippen molar-refractivity contribution in [2.24, 2.45) is 0 Å². The number of imide groups is 1. The first-order chi connectivity index (χ1) is 16.9. The molecule has 2 unspecified atom stereocenters. The van der Waals surface area contributed by atoms with E-state index in [-0.39, 0.29) is 17.9 Å². The van der Waals surface area contributed by atoms with Crippen LogP contribution in [0.4, 0.5) is 16.2 Å². The Morgan fingerprint density at radius 1 is 1.03 bits per heavy atom. The van der Waals surface area contributed by atoms with Gasteiger partial charge in [0, 0.05) is 43.1 Å². The van der Waals surface area contributed by atoms with E-state index in [9.17, 15) is 14.4 Å². The Morgan fingerprint density at radius 2 is 1.74 bits per heavy atom. The van der Waals surface area contributed by atoms with Crippen LogP contribution in [-0.2, 0) is 9.53 Å². The van der Waals surface area contributed by atoms with Gasteiger partial charge in [-0.05, 0) is 50.2 Å². The van der Waals surface area contributed by atoms with Gasteiger partial charge in [-0.1, -0.05) is 0 Å². The molecule has 1 saturated heterocycles. The van der Waals surface area contributed by atoms with E-state index in [1.165, 1.54) is 7.11 Å².